The summed E-state index contributed by atoms with van der Waals surface area (Å²) in [4.78, 5) is 17.6. The summed E-state index contributed by atoms with van der Waals surface area (Å²) in [5.74, 6) is -0.922. The highest BCUT2D eigenvalue weighted by Crippen LogP contribution is 2.28. The van der Waals surface area contributed by atoms with Crippen LogP contribution >= 0.6 is 11.3 Å². The zero-order valence-corrected chi connectivity index (χ0v) is 11.5. The van der Waals surface area contributed by atoms with Gasteiger partial charge in [0.25, 0.3) is 0 Å². The molecule has 0 spiro atoms. The maximum Gasteiger partial charge on any atom is 0.334 e. The Kier molecular flexibility index (Phi) is 3.66. The normalized spacial score (nSPS) is 19.0. The Morgan fingerprint density at radius 3 is 2.95 bits per heavy atom. The number of ether oxygens (including phenoxy) is 1. The quantitative estimate of drug-likeness (QED) is 0.938. The zero-order valence-electron chi connectivity index (χ0n) is 10.7. The predicted molar refractivity (Wildman–Crippen MR) is 77.1 cm³/mol. The number of carboxylic acids is 1. The van der Waals surface area contributed by atoms with Crippen molar-refractivity contribution in [2.45, 2.75) is 6.10 Å². The summed E-state index contributed by atoms with van der Waals surface area (Å²) in [6.45, 7) is 1.43. The van der Waals surface area contributed by atoms with E-state index in [4.69, 9.17) is 9.84 Å². The second-order valence-electron chi connectivity index (χ2n) is 4.53. The maximum atomic E-state index is 11.0. The summed E-state index contributed by atoms with van der Waals surface area (Å²) in [6, 6.07) is 9.94. The van der Waals surface area contributed by atoms with E-state index >= 15 is 0 Å². The number of aromatic nitrogens is 1. The topological polar surface area (TPSA) is 62.7 Å². The standard InChI is InChI=1S/C14H14N2O3S/c17-13(18)12-8-16(6-7-19-12)14-15-11(9-20-14)10-4-2-1-3-5-10/h1-5,9,12H,6-8H2,(H,17,18). The third-order valence-electron chi connectivity index (χ3n) is 3.17. The van der Waals surface area contributed by atoms with Crippen LogP contribution in [0, 0.1) is 0 Å². The van der Waals surface area contributed by atoms with E-state index in [2.05, 4.69) is 4.98 Å². The summed E-state index contributed by atoms with van der Waals surface area (Å²) in [5, 5.41) is 11.9. The molecule has 104 valence electrons. The fraction of sp³-hybridized carbons (Fsp3) is 0.286. The molecule has 1 aliphatic rings. The monoisotopic (exact) mass is 290 g/mol. The number of rotatable bonds is 3. The Hall–Kier alpha value is -1.92. The van der Waals surface area contributed by atoms with E-state index in [9.17, 15) is 4.79 Å². The highest BCUT2D eigenvalue weighted by molar-refractivity contribution is 7.14. The van der Waals surface area contributed by atoms with Gasteiger partial charge in [0.1, 0.15) is 0 Å². The lowest BCUT2D eigenvalue weighted by Gasteiger charge is -2.30. The van der Waals surface area contributed by atoms with Gasteiger partial charge >= 0.3 is 5.97 Å². The largest absolute Gasteiger partial charge is 0.479 e. The van der Waals surface area contributed by atoms with Crippen molar-refractivity contribution in [2.24, 2.45) is 0 Å². The van der Waals surface area contributed by atoms with E-state index in [-0.39, 0.29) is 0 Å². The van der Waals surface area contributed by atoms with E-state index in [1.807, 2.05) is 40.6 Å². The third-order valence-corrected chi connectivity index (χ3v) is 4.08. The van der Waals surface area contributed by atoms with E-state index in [0.29, 0.717) is 19.7 Å². The van der Waals surface area contributed by atoms with Gasteiger partial charge in [0.05, 0.1) is 18.8 Å². The molecule has 0 amide bonds. The van der Waals surface area contributed by atoms with Gasteiger partial charge in [-0.3, -0.25) is 0 Å². The second-order valence-corrected chi connectivity index (χ2v) is 5.36. The zero-order chi connectivity index (χ0) is 13.9. The van der Waals surface area contributed by atoms with Crippen LogP contribution in [0.25, 0.3) is 11.3 Å². The molecular formula is C14H14N2O3S. The van der Waals surface area contributed by atoms with Gasteiger partial charge in [-0.15, -0.1) is 11.3 Å². The summed E-state index contributed by atoms with van der Waals surface area (Å²) in [6.07, 6.45) is -0.771. The molecule has 0 aliphatic carbocycles. The molecule has 0 radical (unpaired) electrons. The molecule has 2 heterocycles. The molecule has 1 aliphatic heterocycles. The van der Waals surface area contributed by atoms with Crippen molar-refractivity contribution in [3.05, 3.63) is 35.7 Å². The van der Waals surface area contributed by atoms with Gasteiger partial charge in [-0.1, -0.05) is 30.3 Å². The number of carboxylic acid groups (broad SMARTS) is 1. The Morgan fingerprint density at radius 2 is 2.20 bits per heavy atom. The van der Waals surface area contributed by atoms with Gasteiger partial charge in [0, 0.05) is 17.5 Å². The highest BCUT2D eigenvalue weighted by atomic mass is 32.1. The first-order chi connectivity index (χ1) is 9.74. The molecular weight excluding hydrogens is 276 g/mol. The minimum absolute atomic E-state index is 0.344. The minimum atomic E-state index is -0.922. The number of anilines is 1. The summed E-state index contributed by atoms with van der Waals surface area (Å²) in [5.41, 5.74) is 1.99. The Bertz CT molecular complexity index is 599. The molecule has 20 heavy (non-hydrogen) atoms. The fourth-order valence-corrected chi connectivity index (χ4v) is 3.00. The van der Waals surface area contributed by atoms with Gasteiger partial charge < -0.3 is 14.7 Å². The number of hydrogen-bond donors (Lipinski definition) is 1. The molecule has 1 aromatic carbocycles. The van der Waals surface area contributed by atoms with Crippen molar-refractivity contribution in [1.82, 2.24) is 4.98 Å². The van der Waals surface area contributed by atoms with Gasteiger partial charge in [-0.2, -0.15) is 0 Å². The molecule has 6 heteroatoms. The van der Waals surface area contributed by atoms with Crippen LogP contribution in [0.15, 0.2) is 35.7 Å². The molecule has 1 unspecified atom stereocenters. The van der Waals surface area contributed by atoms with Crippen LogP contribution in [0.2, 0.25) is 0 Å². The fourth-order valence-electron chi connectivity index (χ4n) is 2.12. The Morgan fingerprint density at radius 1 is 1.40 bits per heavy atom. The smallest absolute Gasteiger partial charge is 0.334 e. The van der Waals surface area contributed by atoms with E-state index in [0.717, 1.165) is 16.4 Å². The van der Waals surface area contributed by atoms with Gasteiger partial charge in [0.15, 0.2) is 11.2 Å². The molecule has 0 bridgehead atoms. The van der Waals surface area contributed by atoms with Crippen LogP contribution < -0.4 is 4.90 Å². The lowest BCUT2D eigenvalue weighted by atomic mass is 10.2. The van der Waals surface area contributed by atoms with E-state index < -0.39 is 12.1 Å². The van der Waals surface area contributed by atoms with Crippen LogP contribution in [-0.4, -0.2) is 41.9 Å². The highest BCUT2D eigenvalue weighted by Gasteiger charge is 2.27. The average molecular weight is 290 g/mol. The molecule has 1 aromatic heterocycles. The first kappa shape index (κ1) is 13.1. The van der Waals surface area contributed by atoms with Crippen molar-refractivity contribution in [1.29, 1.82) is 0 Å². The van der Waals surface area contributed by atoms with Gasteiger partial charge in [-0.25, -0.2) is 9.78 Å². The van der Waals surface area contributed by atoms with E-state index in [1.54, 1.807) is 0 Å². The molecule has 1 atom stereocenters. The van der Waals surface area contributed by atoms with Crippen molar-refractivity contribution in [3.63, 3.8) is 0 Å². The van der Waals surface area contributed by atoms with Gasteiger partial charge in [0.2, 0.25) is 0 Å². The van der Waals surface area contributed by atoms with Crippen molar-refractivity contribution >= 4 is 22.4 Å². The molecule has 5 nitrogen and oxygen atoms in total. The van der Waals surface area contributed by atoms with Crippen molar-refractivity contribution < 1.29 is 14.6 Å². The van der Waals surface area contributed by atoms with Crippen LogP contribution in [0.3, 0.4) is 0 Å². The number of carbonyl (C=O) groups is 1. The minimum Gasteiger partial charge on any atom is -0.479 e. The number of aliphatic carboxylic acids is 1. The maximum absolute atomic E-state index is 11.0. The number of hydrogen-bond acceptors (Lipinski definition) is 5. The SMILES string of the molecule is O=C(O)C1CN(c2nc(-c3ccccc3)cs2)CCO1. The third kappa shape index (κ3) is 2.66. The average Bonchev–Trinajstić information content (AvgIpc) is 2.98. The second kappa shape index (κ2) is 5.60. The first-order valence-electron chi connectivity index (χ1n) is 6.34. The summed E-state index contributed by atoms with van der Waals surface area (Å²) < 4.78 is 5.22. The predicted octanol–water partition coefficient (Wildman–Crippen LogP) is 2.10. The number of benzene rings is 1. The number of morpholine rings is 1. The summed E-state index contributed by atoms with van der Waals surface area (Å²) >= 11 is 1.53. The van der Waals surface area contributed by atoms with Crippen molar-refractivity contribution in [3.8, 4) is 11.3 Å². The molecule has 1 saturated heterocycles. The molecule has 1 N–H and O–H groups in total. The van der Waals surface area contributed by atoms with Gasteiger partial charge in [-0.05, 0) is 0 Å². The first-order valence-corrected chi connectivity index (χ1v) is 7.22. The molecule has 3 rings (SSSR count). The van der Waals surface area contributed by atoms with E-state index in [1.165, 1.54) is 11.3 Å². The van der Waals surface area contributed by atoms with Crippen LogP contribution in [0.5, 0.6) is 0 Å². The Balaban J connectivity index is 1.78. The Labute approximate surface area is 120 Å². The lowest BCUT2D eigenvalue weighted by molar-refractivity contribution is -0.150. The summed E-state index contributed by atoms with van der Waals surface area (Å²) in [7, 11) is 0. The molecule has 0 saturated carbocycles. The number of thiazole rings is 1. The number of nitrogens with zero attached hydrogens (tertiary/aromatic N) is 2. The lowest BCUT2D eigenvalue weighted by Crippen LogP contribution is -2.46. The van der Waals surface area contributed by atoms with Crippen LogP contribution in [-0.2, 0) is 9.53 Å². The van der Waals surface area contributed by atoms with Crippen molar-refractivity contribution in [2.75, 3.05) is 24.6 Å². The van der Waals surface area contributed by atoms with Crippen LogP contribution in [0.1, 0.15) is 0 Å². The molecule has 1 fully saturated rings. The molecule has 2 aromatic rings. The van der Waals surface area contributed by atoms with Crippen LogP contribution in [0.4, 0.5) is 5.13 Å².